The summed E-state index contributed by atoms with van der Waals surface area (Å²) in [6.45, 7) is 2.32. The molecule has 1 aromatic carbocycles. The number of halogens is 1. The van der Waals surface area contributed by atoms with Crippen LogP contribution in [0.3, 0.4) is 0 Å². The number of thiophene rings is 1. The molecule has 0 spiro atoms. The van der Waals surface area contributed by atoms with E-state index >= 15 is 0 Å². The van der Waals surface area contributed by atoms with Crippen LogP contribution in [-0.4, -0.2) is 9.97 Å². The third-order valence-electron chi connectivity index (χ3n) is 4.30. The Kier molecular flexibility index (Phi) is 4.31. The molecule has 2 heterocycles. The van der Waals surface area contributed by atoms with Gasteiger partial charge in [0.2, 0.25) is 0 Å². The molecule has 1 unspecified atom stereocenters. The number of aryl methyl sites for hydroxylation is 1. The van der Waals surface area contributed by atoms with Gasteiger partial charge in [-0.15, -0.1) is 11.3 Å². The fraction of sp³-hybridized carbons (Fsp3) is 0.333. The van der Waals surface area contributed by atoms with E-state index in [1.807, 2.05) is 6.07 Å². The Labute approximate surface area is 149 Å². The Morgan fingerprint density at radius 3 is 2.91 bits per heavy atom. The van der Waals surface area contributed by atoms with Gasteiger partial charge in [0.05, 0.1) is 5.39 Å². The van der Waals surface area contributed by atoms with Crippen molar-refractivity contribution in [2.45, 2.75) is 37.1 Å². The molecule has 0 fully saturated rings. The molecule has 2 aromatic heterocycles. The molecule has 0 aliphatic heterocycles. The van der Waals surface area contributed by atoms with Crippen LogP contribution in [0.4, 0.5) is 0 Å². The van der Waals surface area contributed by atoms with Gasteiger partial charge in [-0.2, -0.15) is 0 Å². The molecule has 0 saturated carbocycles. The quantitative estimate of drug-likeness (QED) is 0.337. The van der Waals surface area contributed by atoms with Crippen LogP contribution < -0.4 is 0 Å². The summed E-state index contributed by atoms with van der Waals surface area (Å²) in [5.41, 5.74) is 2.67. The van der Waals surface area contributed by atoms with Crippen LogP contribution in [0.1, 0.15) is 29.3 Å². The minimum Gasteiger partial charge on any atom is -0.211 e. The van der Waals surface area contributed by atoms with Crippen LogP contribution in [0.15, 0.2) is 35.5 Å². The maximum absolute atomic E-state index is 6.50. The van der Waals surface area contributed by atoms with Crippen molar-refractivity contribution in [1.82, 2.24) is 9.97 Å². The highest BCUT2D eigenvalue weighted by Gasteiger charge is 2.23. The van der Waals surface area contributed by atoms with Crippen molar-refractivity contribution in [2.75, 3.05) is 0 Å². The fourth-order valence-corrected chi connectivity index (χ4v) is 5.70. The van der Waals surface area contributed by atoms with E-state index in [1.54, 1.807) is 23.1 Å². The first-order valence-electron chi connectivity index (χ1n) is 7.85. The Bertz CT molecular complexity index is 845. The number of benzene rings is 1. The van der Waals surface area contributed by atoms with Crippen LogP contribution in [0.5, 0.6) is 0 Å². The summed E-state index contributed by atoms with van der Waals surface area (Å²) >= 11 is 9.95. The van der Waals surface area contributed by atoms with E-state index in [0.717, 1.165) is 39.9 Å². The molecule has 2 nitrogen and oxygen atoms in total. The van der Waals surface area contributed by atoms with Crippen molar-refractivity contribution in [1.29, 1.82) is 0 Å². The Morgan fingerprint density at radius 2 is 2.09 bits per heavy atom. The van der Waals surface area contributed by atoms with Crippen LogP contribution >= 0.6 is 34.7 Å². The molecule has 1 aliphatic rings. The highest BCUT2D eigenvalue weighted by Crippen LogP contribution is 2.40. The highest BCUT2D eigenvalue weighted by molar-refractivity contribution is 7.98. The third kappa shape index (κ3) is 3.12. The second kappa shape index (κ2) is 6.42. The zero-order valence-electron chi connectivity index (χ0n) is 12.9. The summed E-state index contributed by atoms with van der Waals surface area (Å²) in [7, 11) is 0. The maximum Gasteiger partial charge on any atom is 0.190 e. The Hall–Kier alpha value is -1.10. The van der Waals surface area contributed by atoms with Crippen LogP contribution in [-0.2, 0) is 18.6 Å². The number of hydrogen-bond donors (Lipinski definition) is 0. The molecule has 1 atom stereocenters. The number of aromatic nitrogens is 2. The summed E-state index contributed by atoms with van der Waals surface area (Å²) in [6.07, 6.45) is 3.49. The smallest absolute Gasteiger partial charge is 0.190 e. The van der Waals surface area contributed by atoms with E-state index in [-0.39, 0.29) is 0 Å². The molecule has 0 amide bonds. The highest BCUT2D eigenvalue weighted by atomic mass is 35.5. The topological polar surface area (TPSA) is 25.8 Å². The number of nitrogens with zero attached hydrogens (tertiary/aromatic N) is 2. The summed E-state index contributed by atoms with van der Waals surface area (Å²) in [6, 6.07) is 10.4. The molecule has 23 heavy (non-hydrogen) atoms. The van der Waals surface area contributed by atoms with E-state index in [4.69, 9.17) is 16.6 Å². The number of hydrogen-bond acceptors (Lipinski definition) is 4. The van der Waals surface area contributed by atoms with Gasteiger partial charge >= 0.3 is 0 Å². The summed E-state index contributed by atoms with van der Waals surface area (Å²) in [5, 5.41) is 2.50. The molecule has 3 aromatic rings. The van der Waals surface area contributed by atoms with Gasteiger partial charge in [0, 0.05) is 10.6 Å². The molecule has 5 heteroatoms. The van der Waals surface area contributed by atoms with Crippen molar-refractivity contribution in [2.24, 2.45) is 5.92 Å². The molecule has 1 aliphatic carbocycles. The lowest BCUT2D eigenvalue weighted by Gasteiger charge is -2.17. The third-order valence-corrected chi connectivity index (χ3v) is 6.64. The minimum atomic E-state index is 0.623. The number of thioether (sulfide) groups is 1. The average Bonchev–Trinajstić information content (AvgIpc) is 2.91. The summed E-state index contributed by atoms with van der Waals surface area (Å²) in [4.78, 5) is 11.8. The zero-order valence-corrected chi connectivity index (χ0v) is 15.3. The summed E-state index contributed by atoms with van der Waals surface area (Å²) in [5.74, 6) is 1.62. The van der Waals surface area contributed by atoms with Crippen LogP contribution in [0, 0.1) is 5.92 Å². The molecular weight excluding hydrogens is 344 g/mol. The molecule has 0 radical (unpaired) electrons. The van der Waals surface area contributed by atoms with E-state index in [9.17, 15) is 0 Å². The first kappa shape index (κ1) is 15.4. The second-order valence-corrected chi connectivity index (χ2v) is 8.49. The molecule has 0 bridgehead atoms. The minimum absolute atomic E-state index is 0.623. The van der Waals surface area contributed by atoms with Gasteiger partial charge in [-0.05, 0) is 36.3 Å². The molecule has 0 saturated heterocycles. The average molecular weight is 361 g/mol. The Balaban J connectivity index is 1.65. The second-order valence-electron chi connectivity index (χ2n) is 6.10. The van der Waals surface area contributed by atoms with Crippen molar-refractivity contribution in [3.05, 3.63) is 51.5 Å². The van der Waals surface area contributed by atoms with Crippen LogP contribution in [0.2, 0.25) is 5.15 Å². The normalized spacial score (nSPS) is 17.4. The monoisotopic (exact) mass is 360 g/mol. The van der Waals surface area contributed by atoms with Crippen molar-refractivity contribution in [3.8, 4) is 0 Å². The lowest BCUT2D eigenvalue weighted by atomic mass is 9.89. The molecule has 4 rings (SSSR count). The predicted molar refractivity (Wildman–Crippen MR) is 99.6 cm³/mol. The lowest BCUT2D eigenvalue weighted by molar-refractivity contribution is 0.509. The Morgan fingerprint density at radius 1 is 1.26 bits per heavy atom. The van der Waals surface area contributed by atoms with E-state index in [1.165, 1.54) is 22.4 Å². The number of rotatable bonds is 3. The first-order valence-corrected chi connectivity index (χ1v) is 10.0. The van der Waals surface area contributed by atoms with Crippen molar-refractivity contribution < 1.29 is 0 Å². The van der Waals surface area contributed by atoms with Crippen LogP contribution in [0.25, 0.3) is 10.2 Å². The van der Waals surface area contributed by atoms with E-state index < -0.39 is 0 Å². The standard InChI is InChI=1S/C18H17ClN2S2/c1-11-7-8-13-14(9-11)23-17-15(13)16(19)20-18(21-17)22-10-12-5-3-2-4-6-12/h2-6,11H,7-10H2,1H3. The molecule has 118 valence electrons. The number of fused-ring (bicyclic) bond motifs is 3. The van der Waals surface area contributed by atoms with Gasteiger partial charge in [0.1, 0.15) is 9.98 Å². The van der Waals surface area contributed by atoms with Gasteiger partial charge < -0.3 is 0 Å². The molecule has 0 N–H and O–H groups in total. The lowest BCUT2D eigenvalue weighted by Crippen LogP contribution is -2.08. The molecular formula is C18H17ClN2S2. The summed E-state index contributed by atoms with van der Waals surface area (Å²) < 4.78 is 0. The SMILES string of the molecule is CC1CCc2c(sc3nc(SCc4ccccc4)nc(Cl)c23)C1. The van der Waals surface area contributed by atoms with Crippen molar-refractivity contribution in [3.63, 3.8) is 0 Å². The van der Waals surface area contributed by atoms with Crippen molar-refractivity contribution >= 4 is 44.9 Å². The first-order chi connectivity index (χ1) is 11.2. The van der Waals surface area contributed by atoms with E-state index in [2.05, 4.69) is 36.2 Å². The largest absolute Gasteiger partial charge is 0.211 e. The van der Waals surface area contributed by atoms with Gasteiger partial charge in [-0.1, -0.05) is 60.6 Å². The predicted octanol–water partition coefficient (Wildman–Crippen LogP) is 5.76. The van der Waals surface area contributed by atoms with Gasteiger partial charge in [0.15, 0.2) is 5.16 Å². The maximum atomic E-state index is 6.50. The zero-order chi connectivity index (χ0) is 15.8. The van der Waals surface area contributed by atoms with E-state index in [0.29, 0.717) is 5.15 Å². The van der Waals surface area contributed by atoms with Gasteiger partial charge in [0.25, 0.3) is 0 Å². The fourth-order valence-electron chi connectivity index (χ4n) is 3.07. The van der Waals surface area contributed by atoms with Gasteiger partial charge in [-0.3, -0.25) is 0 Å². The van der Waals surface area contributed by atoms with Gasteiger partial charge in [-0.25, -0.2) is 9.97 Å².